The molecule has 1 heterocycles. The number of allylic oxidation sites excluding steroid dienone is 2. The number of hydrogen-bond donors (Lipinski definition) is 0. The fraction of sp³-hybridized carbons (Fsp3) is 0.591. The third kappa shape index (κ3) is 2.21. The first-order valence-corrected chi connectivity index (χ1v) is 10.3. The van der Waals surface area contributed by atoms with Gasteiger partial charge < -0.3 is 4.74 Å². The van der Waals surface area contributed by atoms with Crippen LogP contribution in [0, 0.1) is 29.6 Å². The van der Waals surface area contributed by atoms with Crippen LogP contribution in [0.4, 0.5) is 0 Å². The number of benzene rings is 1. The zero-order chi connectivity index (χ0) is 18.0. The van der Waals surface area contributed by atoms with Crippen LogP contribution in [-0.4, -0.2) is 18.8 Å². The minimum atomic E-state index is -0.0739. The van der Waals surface area contributed by atoms with Crippen LogP contribution >= 0.6 is 11.8 Å². The molecule has 0 radical (unpaired) electrons. The van der Waals surface area contributed by atoms with E-state index in [-0.39, 0.29) is 28.6 Å². The van der Waals surface area contributed by atoms with Crippen LogP contribution in [0.5, 0.6) is 0 Å². The summed E-state index contributed by atoms with van der Waals surface area (Å²) in [6.07, 6.45) is 2.53. The largest absolute Gasteiger partial charge is 0.469 e. The van der Waals surface area contributed by atoms with Crippen molar-refractivity contribution in [3.8, 4) is 0 Å². The van der Waals surface area contributed by atoms with Gasteiger partial charge in [-0.2, -0.15) is 0 Å². The van der Waals surface area contributed by atoms with Crippen LogP contribution < -0.4 is 0 Å². The molecule has 3 aliphatic rings. The minimum absolute atomic E-state index is 0.0599. The highest BCUT2D eigenvalue weighted by Gasteiger charge is 2.63. The van der Waals surface area contributed by atoms with Crippen molar-refractivity contribution in [2.45, 2.75) is 46.5 Å². The topological polar surface area (TPSA) is 26.3 Å². The van der Waals surface area contributed by atoms with Crippen LogP contribution in [-0.2, 0) is 9.53 Å². The molecule has 1 aromatic carbocycles. The number of thioether (sulfide) groups is 1. The van der Waals surface area contributed by atoms with Gasteiger partial charge in [-0.05, 0) is 47.1 Å². The number of aryl methyl sites for hydroxylation is 1. The second kappa shape index (κ2) is 5.64. The van der Waals surface area contributed by atoms with Gasteiger partial charge in [-0.1, -0.05) is 50.6 Å². The van der Waals surface area contributed by atoms with Crippen molar-refractivity contribution in [2.24, 2.45) is 22.7 Å². The highest BCUT2D eigenvalue weighted by atomic mass is 32.2. The van der Waals surface area contributed by atoms with Gasteiger partial charge >= 0.3 is 5.97 Å². The number of methoxy groups -OCH3 is 1. The summed E-state index contributed by atoms with van der Waals surface area (Å²) in [5, 5.41) is 0. The lowest BCUT2D eigenvalue weighted by Crippen LogP contribution is -2.32. The molecule has 0 unspecified atom stereocenters. The number of esters is 1. The lowest BCUT2D eigenvalue weighted by Gasteiger charge is -2.39. The van der Waals surface area contributed by atoms with Crippen molar-refractivity contribution in [1.29, 1.82) is 0 Å². The van der Waals surface area contributed by atoms with E-state index in [2.05, 4.69) is 52.0 Å². The van der Waals surface area contributed by atoms with E-state index in [1.807, 2.05) is 11.8 Å². The van der Waals surface area contributed by atoms with Crippen LogP contribution in [0.25, 0.3) is 0 Å². The van der Waals surface area contributed by atoms with Crippen molar-refractivity contribution in [1.82, 2.24) is 0 Å². The standard InChI is InChI=1S/C22H28O2S/c1-13-6-8-14(9-7-13)17-15(20(23)24-5)12-25-19-18(17)16-10-11-22(19,4)21(16,2)3/h6-9,15-17H,10-12H2,1-5H3/t15-,16+,17+,22-/m0/s1. The Hall–Kier alpha value is -1.22. The van der Waals surface area contributed by atoms with Gasteiger partial charge in [0.2, 0.25) is 0 Å². The number of fused-ring (bicyclic) bond motifs is 4. The lowest BCUT2D eigenvalue weighted by molar-refractivity contribution is -0.145. The average Bonchev–Trinajstić information content (AvgIpc) is 2.93. The SMILES string of the molecule is COC(=O)[C@H]1CSC2=C([C@@H]1c1ccc(C)cc1)[C@H]1CC[C@]2(C)C1(C)C. The van der Waals surface area contributed by atoms with Gasteiger partial charge in [-0.25, -0.2) is 0 Å². The highest BCUT2D eigenvalue weighted by Crippen LogP contribution is 2.73. The molecular formula is C22H28O2S. The van der Waals surface area contributed by atoms with Gasteiger partial charge in [0.25, 0.3) is 0 Å². The lowest BCUT2D eigenvalue weighted by atomic mass is 9.69. The summed E-state index contributed by atoms with van der Waals surface area (Å²) >= 11 is 1.93. The zero-order valence-electron chi connectivity index (χ0n) is 15.9. The van der Waals surface area contributed by atoms with E-state index in [1.165, 1.54) is 31.1 Å². The Bertz CT molecular complexity index is 746. The molecule has 2 nitrogen and oxygen atoms in total. The molecule has 0 aromatic heterocycles. The molecule has 0 N–H and O–H groups in total. The van der Waals surface area contributed by atoms with E-state index in [0.29, 0.717) is 5.92 Å². The van der Waals surface area contributed by atoms with Crippen molar-refractivity contribution >= 4 is 17.7 Å². The summed E-state index contributed by atoms with van der Waals surface area (Å²) in [6.45, 7) is 9.43. The van der Waals surface area contributed by atoms with E-state index < -0.39 is 0 Å². The number of carbonyl (C=O) groups is 1. The van der Waals surface area contributed by atoms with Crippen molar-refractivity contribution in [3.63, 3.8) is 0 Å². The number of carbonyl (C=O) groups excluding carboxylic acids is 1. The van der Waals surface area contributed by atoms with Gasteiger partial charge in [0.05, 0.1) is 13.0 Å². The fourth-order valence-corrected chi connectivity index (χ4v) is 7.35. The molecule has 0 amide bonds. The molecule has 1 saturated carbocycles. The Morgan fingerprint density at radius 1 is 1.20 bits per heavy atom. The Labute approximate surface area is 155 Å². The van der Waals surface area contributed by atoms with E-state index in [1.54, 1.807) is 10.5 Å². The predicted octanol–water partition coefficient (Wildman–Crippen LogP) is 5.32. The molecule has 3 heteroatoms. The normalized spacial score (nSPS) is 35.6. The van der Waals surface area contributed by atoms with Gasteiger partial charge in [-0.3, -0.25) is 4.79 Å². The zero-order valence-corrected chi connectivity index (χ0v) is 16.7. The highest BCUT2D eigenvalue weighted by molar-refractivity contribution is 8.03. The monoisotopic (exact) mass is 356 g/mol. The molecule has 2 bridgehead atoms. The number of ether oxygens (including phenoxy) is 1. The molecule has 25 heavy (non-hydrogen) atoms. The smallest absolute Gasteiger partial charge is 0.310 e. The maximum atomic E-state index is 12.6. The molecule has 1 aliphatic heterocycles. The first-order chi connectivity index (χ1) is 11.8. The van der Waals surface area contributed by atoms with Crippen molar-refractivity contribution in [2.75, 3.05) is 12.9 Å². The van der Waals surface area contributed by atoms with Gasteiger partial charge in [-0.15, -0.1) is 11.8 Å². The van der Waals surface area contributed by atoms with Crippen LogP contribution in [0.2, 0.25) is 0 Å². The van der Waals surface area contributed by atoms with E-state index in [0.717, 1.165) is 5.75 Å². The molecule has 2 aliphatic carbocycles. The first kappa shape index (κ1) is 17.2. The average molecular weight is 357 g/mol. The maximum Gasteiger partial charge on any atom is 0.310 e. The van der Waals surface area contributed by atoms with E-state index in [4.69, 9.17) is 4.74 Å². The summed E-state index contributed by atoms with van der Waals surface area (Å²) in [5.74, 6) is 1.46. The van der Waals surface area contributed by atoms with E-state index in [9.17, 15) is 4.79 Å². The molecule has 0 saturated heterocycles. The minimum Gasteiger partial charge on any atom is -0.469 e. The maximum absolute atomic E-state index is 12.6. The Balaban J connectivity index is 1.87. The Morgan fingerprint density at radius 2 is 1.88 bits per heavy atom. The van der Waals surface area contributed by atoms with Crippen molar-refractivity contribution in [3.05, 3.63) is 45.9 Å². The molecule has 4 rings (SSSR count). The van der Waals surface area contributed by atoms with Gasteiger partial charge in [0, 0.05) is 17.1 Å². The molecule has 1 aromatic rings. The molecule has 4 atom stereocenters. The quantitative estimate of drug-likeness (QED) is 0.670. The van der Waals surface area contributed by atoms with E-state index >= 15 is 0 Å². The third-order valence-corrected chi connectivity index (χ3v) is 8.95. The first-order valence-electron chi connectivity index (χ1n) is 9.33. The van der Waals surface area contributed by atoms with Crippen LogP contribution in [0.1, 0.15) is 50.7 Å². The Kier molecular flexibility index (Phi) is 3.88. The molecule has 0 spiro atoms. The van der Waals surface area contributed by atoms with Gasteiger partial charge in [0.1, 0.15) is 0 Å². The van der Waals surface area contributed by atoms with Crippen molar-refractivity contribution < 1.29 is 9.53 Å². The van der Waals surface area contributed by atoms with Gasteiger partial charge in [0.15, 0.2) is 0 Å². The number of rotatable bonds is 2. The summed E-state index contributed by atoms with van der Waals surface area (Å²) in [6, 6.07) is 8.78. The van der Waals surface area contributed by atoms with Crippen LogP contribution in [0.15, 0.2) is 34.7 Å². The van der Waals surface area contributed by atoms with Crippen LogP contribution in [0.3, 0.4) is 0 Å². The molecule has 1 fully saturated rings. The Morgan fingerprint density at radius 3 is 2.52 bits per heavy atom. The second-order valence-corrected chi connectivity index (χ2v) is 9.79. The third-order valence-electron chi connectivity index (χ3n) is 7.45. The summed E-state index contributed by atoms with van der Waals surface area (Å²) < 4.78 is 5.20. The number of hydrogen-bond acceptors (Lipinski definition) is 3. The summed E-state index contributed by atoms with van der Waals surface area (Å²) in [4.78, 5) is 14.2. The second-order valence-electron chi connectivity index (χ2n) is 8.76. The summed E-state index contributed by atoms with van der Waals surface area (Å²) in [5.41, 5.74) is 4.63. The predicted molar refractivity (Wildman–Crippen MR) is 104 cm³/mol. The molecule has 134 valence electrons. The summed E-state index contributed by atoms with van der Waals surface area (Å²) in [7, 11) is 1.52. The fourth-order valence-electron chi connectivity index (χ4n) is 5.56. The molecular weight excluding hydrogens is 328 g/mol.